The summed E-state index contributed by atoms with van der Waals surface area (Å²) >= 11 is 0. The van der Waals surface area contributed by atoms with E-state index >= 15 is 0 Å². The summed E-state index contributed by atoms with van der Waals surface area (Å²) < 4.78 is 1.59. The Hall–Kier alpha value is -2.17. The molecule has 82 valence electrons. The summed E-state index contributed by atoms with van der Waals surface area (Å²) in [6.07, 6.45) is 2.44. The van der Waals surface area contributed by atoms with Crippen LogP contribution in [0.4, 0.5) is 0 Å². The highest BCUT2D eigenvalue weighted by Crippen LogP contribution is 2.11. The maximum absolute atomic E-state index is 12.0. The first kappa shape index (κ1) is 10.4. The van der Waals surface area contributed by atoms with Crippen molar-refractivity contribution < 1.29 is 9.59 Å². The normalized spacial score (nSPS) is 10.4. The number of nitrogens with one attached hydrogen (secondary N) is 1. The molecule has 0 aromatic carbocycles. The van der Waals surface area contributed by atoms with Gasteiger partial charge in [-0.05, 0) is 24.6 Å². The van der Waals surface area contributed by atoms with E-state index in [1.165, 1.54) is 0 Å². The molecule has 0 bridgehead atoms. The first-order valence-corrected chi connectivity index (χ1v) is 4.81. The summed E-state index contributed by atoms with van der Waals surface area (Å²) in [5.41, 5.74) is 1.98. The number of aldehydes is 1. The van der Waals surface area contributed by atoms with Gasteiger partial charge in [-0.1, -0.05) is 0 Å². The number of aromatic nitrogens is 3. The van der Waals surface area contributed by atoms with Crippen LogP contribution in [0.25, 0.3) is 0 Å². The quantitative estimate of drug-likeness (QED) is 0.618. The van der Waals surface area contributed by atoms with Crippen molar-refractivity contribution in [3.05, 3.63) is 41.0 Å². The standard InChI is InChI=1S/C11H11N3O2/c1-7-5-14(2)13-10(7)11(16)9-4-3-8(6-15)12-9/h3-6,12H,1-2H3. The third kappa shape index (κ3) is 1.67. The van der Waals surface area contributed by atoms with Crippen LogP contribution >= 0.6 is 0 Å². The highest BCUT2D eigenvalue weighted by Gasteiger charge is 2.16. The predicted molar refractivity (Wildman–Crippen MR) is 57.6 cm³/mol. The zero-order chi connectivity index (χ0) is 11.7. The Morgan fingerprint density at radius 2 is 2.25 bits per heavy atom. The number of H-pyrrole nitrogens is 1. The lowest BCUT2D eigenvalue weighted by molar-refractivity contribution is 0.102. The fraction of sp³-hybridized carbons (Fsp3) is 0.182. The summed E-state index contributed by atoms with van der Waals surface area (Å²) in [5, 5.41) is 4.08. The number of carbonyl (C=O) groups excluding carboxylic acids is 2. The van der Waals surface area contributed by atoms with Crippen LogP contribution < -0.4 is 0 Å². The number of aryl methyl sites for hydroxylation is 2. The Balaban J connectivity index is 2.38. The van der Waals surface area contributed by atoms with E-state index in [2.05, 4.69) is 10.1 Å². The lowest BCUT2D eigenvalue weighted by Gasteiger charge is -1.94. The van der Waals surface area contributed by atoms with Crippen LogP contribution in [0.1, 0.15) is 32.2 Å². The van der Waals surface area contributed by atoms with Crippen molar-refractivity contribution >= 4 is 12.1 Å². The van der Waals surface area contributed by atoms with Gasteiger partial charge in [0.2, 0.25) is 5.78 Å². The fourth-order valence-electron chi connectivity index (χ4n) is 1.57. The van der Waals surface area contributed by atoms with E-state index in [1.54, 1.807) is 30.1 Å². The van der Waals surface area contributed by atoms with Crippen molar-refractivity contribution in [2.45, 2.75) is 6.92 Å². The van der Waals surface area contributed by atoms with E-state index in [0.29, 0.717) is 23.4 Å². The fourth-order valence-corrected chi connectivity index (χ4v) is 1.57. The molecule has 0 amide bonds. The molecular formula is C11H11N3O2. The van der Waals surface area contributed by atoms with Gasteiger partial charge < -0.3 is 4.98 Å². The molecule has 0 atom stereocenters. The van der Waals surface area contributed by atoms with Crippen LogP contribution in [0, 0.1) is 6.92 Å². The molecule has 0 spiro atoms. The Bertz CT molecular complexity index is 551. The molecule has 1 N–H and O–H groups in total. The highest BCUT2D eigenvalue weighted by molar-refractivity contribution is 6.07. The molecule has 0 aliphatic carbocycles. The average Bonchev–Trinajstić information content (AvgIpc) is 2.84. The van der Waals surface area contributed by atoms with Crippen molar-refractivity contribution in [2.24, 2.45) is 7.05 Å². The molecule has 2 heterocycles. The van der Waals surface area contributed by atoms with E-state index in [4.69, 9.17) is 0 Å². The van der Waals surface area contributed by atoms with E-state index in [9.17, 15) is 9.59 Å². The molecule has 0 saturated carbocycles. The molecule has 5 heteroatoms. The van der Waals surface area contributed by atoms with Gasteiger partial charge in [-0.25, -0.2) is 0 Å². The molecule has 2 aromatic rings. The van der Waals surface area contributed by atoms with Crippen LogP contribution in [0.2, 0.25) is 0 Å². The number of ketones is 1. The molecular weight excluding hydrogens is 206 g/mol. The molecule has 0 unspecified atom stereocenters. The number of nitrogens with zero attached hydrogens (tertiary/aromatic N) is 2. The predicted octanol–water partition coefficient (Wildman–Crippen LogP) is 1.10. The highest BCUT2D eigenvalue weighted by atomic mass is 16.1. The van der Waals surface area contributed by atoms with Gasteiger partial charge in [0.1, 0.15) is 5.69 Å². The Labute approximate surface area is 92.1 Å². The van der Waals surface area contributed by atoms with Crippen LogP contribution in [0.15, 0.2) is 18.3 Å². The first-order chi connectivity index (χ1) is 7.61. The van der Waals surface area contributed by atoms with Gasteiger partial charge in [-0.15, -0.1) is 0 Å². The average molecular weight is 217 g/mol. The summed E-state index contributed by atoms with van der Waals surface area (Å²) in [4.78, 5) is 25.2. The zero-order valence-electron chi connectivity index (χ0n) is 9.02. The SMILES string of the molecule is Cc1cn(C)nc1C(=O)c1ccc(C=O)[nH]1. The van der Waals surface area contributed by atoms with Gasteiger partial charge in [-0.3, -0.25) is 14.3 Å². The molecule has 0 fully saturated rings. The monoisotopic (exact) mass is 217 g/mol. The lowest BCUT2D eigenvalue weighted by atomic mass is 10.1. The molecule has 2 aromatic heterocycles. The van der Waals surface area contributed by atoms with Gasteiger partial charge in [0, 0.05) is 13.2 Å². The third-order valence-corrected chi connectivity index (χ3v) is 2.31. The molecule has 0 aliphatic heterocycles. The van der Waals surface area contributed by atoms with Gasteiger partial charge in [-0.2, -0.15) is 5.10 Å². The number of aromatic amines is 1. The maximum atomic E-state index is 12.0. The molecule has 2 rings (SSSR count). The van der Waals surface area contributed by atoms with E-state index in [0.717, 1.165) is 5.56 Å². The topological polar surface area (TPSA) is 67.8 Å². The van der Waals surface area contributed by atoms with E-state index in [1.807, 2.05) is 6.92 Å². The van der Waals surface area contributed by atoms with Crippen LogP contribution in [-0.2, 0) is 7.05 Å². The van der Waals surface area contributed by atoms with Crippen LogP contribution in [0.5, 0.6) is 0 Å². The Morgan fingerprint density at radius 1 is 1.50 bits per heavy atom. The molecule has 0 aliphatic rings. The molecule has 0 radical (unpaired) electrons. The van der Waals surface area contributed by atoms with Gasteiger partial charge in [0.05, 0.1) is 11.4 Å². The van der Waals surface area contributed by atoms with Gasteiger partial charge in [0.15, 0.2) is 6.29 Å². The van der Waals surface area contributed by atoms with Gasteiger partial charge >= 0.3 is 0 Å². The van der Waals surface area contributed by atoms with Gasteiger partial charge in [0.25, 0.3) is 0 Å². The number of hydrogen-bond donors (Lipinski definition) is 1. The minimum Gasteiger partial charge on any atom is -0.350 e. The summed E-state index contributed by atoms with van der Waals surface area (Å²) in [7, 11) is 1.76. The maximum Gasteiger partial charge on any atom is 0.229 e. The molecule has 5 nitrogen and oxygen atoms in total. The van der Waals surface area contributed by atoms with Crippen molar-refractivity contribution in [2.75, 3.05) is 0 Å². The molecule has 16 heavy (non-hydrogen) atoms. The Morgan fingerprint density at radius 3 is 2.75 bits per heavy atom. The van der Waals surface area contributed by atoms with Crippen LogP contribution in [-0.4, -0.2) is 26.8 Å². The van der Waals surface area contributed by atoms with E-state index in [-0.39, 0.29) is 5.78 Å². The van der Waals surface area contributed by atoms with Crippen molar-refractivity contribution in [3.63, 3.8) is 0 Å². The smallest absolute Gasteiger partial charge is 0.229 e. The lowest BCUT2D eigenvalue weighted by Crippen LogP contribution is -2.05. The summed E-state index contributed by atoms with van der Waals surface area (Å²) in [6, 6.07) is 3.15. The van der Waals surface area contributed by atoms with E-state index < -0.39 is 0 Å². The Kier molecular flexibility index (Phi) is 2.44. The molecule has 0 saturated heterocycles. The van der Waals surface area contributed by atoms with Crippen LogP contribution in [0.3, 0.4) is 0 Å². The second-order valence-electron chi connectivity index (χ2n) is 3.61. The summed E-state index contributed by atoms with van der Waals surface area (Å²) in [5.74, 6) is -0.203. The minimum absolute atomic E-state index is 0.203. The second-order valence-corrected chi connectivity index (χ2v) is 3.61. The zero-order valence-corrected chi connectivity index (χ0v) is 9.02. The number of hydrogen-bond acceptors (Lipinski definition) is 3. The third-order valence-electron chi connectivity index (χ3n) is 2.31. The minimum atomic E-state index is -0.203. The number of carbonyl (C=O) groups is 2. The summed E-state index contributed by atoms with van der Waals surface area (Å²) in [6.45, 7) is 1.82. The number of rotatable bonds is 3. The van der Waals surface area contributed by atoms with Crippen molar-refractivity contribution in [1.82, 2.24) is 14.8 Å². The van der Waals surface area contributed by atoms with Crippen molar-refractivity contribution in [1.29, 1.82) is 0 Å². The largest absolute Gasteiger partial charge is 0.350 e. The first-order valence-electron chi connectivity index (χ1n) is 4.81. The second kappa shape index (κ2) is 3.77. The van der Waals surface area contributed by atoms with Crippen molar-refractivity contribution in [3.8, 4) is 0 Å².